The van der Waals surface area contributed by atoms with E-state index in [9.17, 15) is 39.6 Å². The fraction of sp³-hybridized carbons (Fsp3) is 0.500. The van der Waals surface area contributed by atoms with Gasteiger partial charge in [0.25, 0.3) is 25.8 Å². The average Bonchev–Trinajstić information content (AvgIpc) is 3.73. The van der Waals surface area contributed by atoms with Crippen molar-refractivity contribution in [1.82, 2.24) is 19.4 Å². The number of likely N-dealkylation sites (tertiary alicyclic amines) is 1. The molecule has 6 rings (SSSR count). The lowest BCUT2D eigenvalue weighted by Gasteiger charge is -2.36. The molecule has 0 radical (unpaired) electrons. The van der Waals surface area contributed by atoms with E-state index in [0.717, 1.165) is 48.9 Å². The van der Waals surface area contributed by atoms with Gasteiger partial charge in [0.15, 0.2) is 0 Å². The Hall–Kier alpha value is -4.04. The van der Waals surface area contributed by atoms with E-state index in [2.05, 4.69) is 27.1 Å². The molecule has 3 aromatic rings. The molecule has 3 aliphatic rings. The van der Waals surface area contributed by atoms with Crippen LogP contribution in [-0.4, -0.2) is 132 Å². The highest BCUT2D eigenvalue weighted by Crippen LogP contribution is 2.37. The molecule has 59 heavy (non-hydrogen) atoms. The third-order valence-electron chi connectivity index (χ3n) is 10.6. The number of nitrogens with one attached hydrogen (secondary N) is 2. The van der Waals surface area contributed by atoms with Gasteiger partial charge >= 0.3 is 11.6 Å². The van der Waals surface area contributed by atoms with Crippen molar-refractivity contribution in [2.24, 2.45) is 11.8 Å². The highest BCUT2D eigenvalue weighted by molar-refractivity contribution is 7.99. The van der Waals surface area contributed by atoms with Gasteiger partial charge in [0.2, 0.25) is 0 Å². The molecule has 3 unspecified atom stereocenters. The number of fused-ring (bicyclic) bond motifs is 1. The minimum Gasteiger partial charge on any atom is -0.444 e. The zero-order valence-corrected chi connectivity index (χ0v) is 35.9. The molecule has 3 heterocycles. The van der Waals surface area contributed by atoms with Crippen LogP contribution in [0.1, 0.15) is 37.6 Å². The lowest BCUT2D eigenvalue weighted by Crippen LogP contribution is -2.50. The lowest BCUT2D eigenvalue weighted by molar-refractivity contribution is -0.0436. The summed E-state index contributed by atoms with van der Waals surface area (Å²) in [6.07, 6.45) is -0.0516. The molecule has 0 bridgehead atoms. The van der Waals surface area contributed by atoms with Crippen LogP contribution in [0.3, 0.4) is 0 Å². The van der Waals surface area contributed by atoms with E-state index in [-0.39, 0.29) is 5.56 Å². The molecule has 3 saturated heterocycles. The van der Waals surface area contributed by atoms with Gasteiger partial charge in [0, 0.05) is 86.8 Å². The quantitative estimate of drug-likeness (QED) is 0.206. The number of alkyl halides is 3. The number of nitrogens with zero attached hydrogens (tertiary/aromatic N) is 4. The Bertz CT molecular complexity index is 2170. The Labute approximate surface area is 348 Å². The summed E-state index contributed by atoms with van der Waals surface area (Å²) in [6, 6.07) is 17.5. The van der Waals surface area contributed by atoms with Gasteiger partial charge in [0.1, 0.15) is 10.5 Å². The van der Waals surface area contributed by atoms with Crippen LogP contribution >= 0.6 is 11.8 Å². The van der Waals surface area contributed by atoms with Gasteiger partial charge in [-0.25, -0.2) is 26.4 Å². The van der Waals surface area contributed by atoms with Gasteiger partial charge in [-0.15, -0.1) is 11.8 Å². The van der Waals surface area contributed by atoms with E-state index < -0.39 is 64.5 Å². The normalized spacial score (nSPS) is 20.0. The third kappa shape index (κ3) is 11.2. The van der Waals surface area contributed by atoms with Crippen LogP contribution in [0.5, 0.6) is 0 Å². The monoisotopic (exact) mass is 880 g/mol. The minimum atomic E-state index is -6.08. The van der Waals surface area contributed by atoms with E-state index in [4.69, 9.17) is 4.74 Å². The van der Waals surface area contributed by atoms with Gasteiger partial charge in [-0.05, 0) is 101 Å². The first-order valence-corrected chi connectivity index (χ1v) is 23.3. The van der Waals surface area contributed by atoms with Crippen molar-refractivity contribution in [3.63, 3.8) is 0 Å². The molecule has 322 valence electrons. The van der Waals surface area contributed by atoms with Crippen molar-refractivity contribution in [3.05, 3.63) is 78.4 Å². The van der Waals surface area contributed by atoms with Crippen LogP contribution in [0.25, 0.3) is 0 Å². The highest BCUT2D eigenvalue weighted by Gasteiger charge is 2.48. The SMILES string of the molecule is CN1CC2CN(c3ccc(C(=O)NS(=O)(=O)c4ccc(NC(CCN5CCN(C(=O)OC(C)(C)C)CC5)CSc5ccccc5)c(S(=O)(=O)C(F)(F)F)c4)cc3)CC2C1. The molecular weight excluding hydrogens is 830 g/mol. The summed E-state index contributed by atoms with van der Waals surface area (Å²) in [6.45, 7) is 11.4. The van der Waals surface area contributed by atoms with Crippen molar-refractivity contribution < 1.29 is 44.3 Å². The zero-order chi connectivity index (χ0) is 42.8. The second-order valence-corrected chi connectivity index (χ2v) is 21.0. The second-order valence-electron chi connectivity index (χ2n) is 16.3. The van der Waals surface area contributed by atoms with Crippen molar-refractivity contribution in [2.45, 2.75) is 59.0 Å². The molecule has 0 aliphatic carbocycles. The lowest BCUT2D eigenvalue weighted by atomic mass is 10.0. The zero-order valence-electron chi connectivity index (χ0n) is 33.4. The molecule has 0 spiro atoms. The number of sulfonamides is 1. The summed E-state index contributed by atoms with van der Waals surface area (Å²) in [5.41, 5.74) is -5.96. The summed E-state index contributed by atoms with van der Waals surface area (Å²) in [5.74, 6) is 0.377. The number of sulfone groups is 1. The molecule has 2 amide bonds. The molecule has 3 aliphatic heterocycles. The maximum atomic E-state index is 14.2. The smallest absolute Gasteiger partial charge is 0.444 e. The molecule has 0 saturated carbocycles. The van der Waals surface area contributed by atoms with Crippen molar-refractivity contribution in [2.75, 3.05) is 81.9 Å². The number of benzene rings is 3. The minimum absolute atomic E-state index is 0.00267. The second kappa shape index (κ2) is 17.9. The number of hydrogen-bond acceptors (Lipinski definition) is 12. The third-order valence-corrected chi connectivity index (χ3v) is 14.6. The Kier molecular flexibility index (Phi) is 13.5. The van der Waals surface area contributed by atoms with Crippen LogP contribution in [0.15, 0.2) is 87.5 Å². The summed E-state index contributed by atoms with van der Waals surface area (Å²) < 4.78 is 103. The van der Waals surface area contributed by atoms with E-state index in [0.29, 0.717) is 62.8 Å². The van der Waals surface area contributed by atoms with Gasteiger partial charge < -0.3 is 24.8 Å². The summed E-state index contributed by atoms with van der Waals surface area (Å²) >= 11 is 1.42. The summed E-state index contributed by atoms with van der Waals surface area (Å²) in [4.78, 5) is 32.7. The van der Waals surface area contributed by atoms with Crippen LogP contribution < -0.4 is 14.9 Å². The van der Waals surface area contributed by atoms with Gasteiger partial charge in [-0.3, -0.25) is 9.69 Å². The number of rotatable bonds is 13. The standard InChI is InChI=1S/C40H51F3N6O7S3/c1-39(2,3)56-38(51)48-20-18-47(19-21-48)17-16-31(27-57-33-8-6-5-7-9-33)44-35-15-14-34(22-36(35)58(52,53)40(41,42)43)59(54,55)45-37(50)28-10-12-32(13-11-28)49-25-29-23-46(4)24-30(29)26-49/h5-15,22,29-31,44H,16-21,23-27H2,1-4H3,(H,45,50). The number of hydrogen-bond donors (Lipinski definition) is 2. The van der Waals surface area contributed by atoms with E-state index in [1.165, 1.54) is 23.9 Å². The number of halogens is 3. The molecule has 13 nitrogen and oxygen atoms in total. The maximum Gasteiger partial charge on any atom is 0.501 e. The number of amides is 2. The fourth-order valence-electron chi connectivity index (χ4n) is 7.59. The maximum absolute atomic E-state index is 14.2. The number of ether oxygens (including phenoxy) is 1. The molecule has 3 fully saturated rings. The largest absolute Gasteiger partial charge is 0.501 e. The van der Waals surface area contributed by atoms with Crippen LogP contribution in [0, 0.1) is 11.8 Å². The summed E-state index contributed by atoms with van der Waals surface area (Å²) in [5, 5.41) is 2.98. The Morgan fingerprint density at radius 2 is 1.49 bits per heavy atom. The van der Waals surface area contributed by atoms with Crippen molar-refractivity contribution in [1.29, 1.82) is 0 Å². The topological polar surface area (TPSA) is 149 Å². The van der Waals surface area contributed by atoms with E-state index in [1.54, 1.807) is 37.8 Å². The number of carbonyl (C=O) groups excluding carboxylic acids is 2. The molecule has 2 N–H and O–H groups in total. The highest BCUT2D eigenvalue weighted by atomic mass is 32.2. The van der Waals surface area contributed by atoms with Crippen molar-refractivity contribution in [3.8, 4) is 0 Å². The number of thioether (sulfide) groups is 1. The first kappa shape index (κ1) is 44.5. The fourth-order valence-corrected chi connectivity index (χ4v) is 10.6. The average molecular weight is 881 g/mol. The van der Waals surface area contributed by atoms with Crippen molar-refractivity contribution >= 4 is 55.0 Å². The molecule has 3 aromatic carbocycles. The molecule has 0 aromatic heterocycles. The van der Waals surface area contributed by atoms with Gasteiger partial charge in [-0.2, -0.15) is 13.2 Å². The summed E-state index contributed by atoms with van der Waals surface area (Å²) in [7, 11) is -8.82. The van der Waals surface area contributed by atoms with Crippen LogP contribution in [-0.2, 0) is 24.6 Å². The van der Waals surface area contributed by atoms with E-state index in [1.807, 2.05) is 35.1 Å². The van der Waals surface area contributed by atoms with E-state index >= 15 is 0 Å². The number of carbonyl (C=O) groups is 2. The number of anilines is 2. The van der Waals surface area contributed by atoms with Gasteiger partial charge in [-0.1, -0.05) is 18.2 Å². The first-order valence-electron chi connectivity index (χ1n) is 19.4. The predicted octanol–water partition coefficient (Wildman–Crippen LogP) is 5.61. The Morgan fingerprint density at radius 1 is 0.864 bits per heavy atom. The van der Waals surface area contributed by atoms with Crippen LogP contribution in [0.4, 0.5) is 29.3 Å². The van der Waals surface area contributed by atoms with Gasteiger partial charge in [0.05, 0.1) is 10.6 Å². The predicted molar refractivity (Wildman–Crippen MR) is 221 cm³/mol. The Balaban J connectivity index is 1.17. The Morgan fingerprint density at radius 3 is 2.08 bits per heavy atom. The first-order chi connectivity index (χ1) is 27.7. The molecule has 3 atom stereocenters. The molecule has 19 heteroatoms. The van der Waals surface area contributed by atoms with Crippen LogP contribution in [0.2, 0.25) is 0 Å². The molecular formula is C40H51F3N6O7S3. The number of piperazine rings is 1.